The van der Waals surface area contributed by atoms with E-state index >= 15 is 0 Å². The van der Waals surface area contributed by atoms with Gasteiger partial charge in [-0.15, -0.1) is 0 Å². The molecule has 0 radical (unpaired) electrons. The minimum atomic E-state index is 0.572. The van der Waals surface area contributed by atoms with Crippen molar-refractivity contribution in [1.82, 2.24) is 19.9 Å². The second-order valence-corrected chi connectivity index (χ2v) is 9.09. The average Bonchev–Trinajstić information content (AvgIpc) is 3.42. The molecule has 2 aromatic carbocycles. The van der Waals surface area contributed by atoms with E-state index in [-0.39, 0.29) is 0 Å². The molecule has 0 aliphatic carbocycles. The number of H-pyrrole nitrogens is 1. The van der Waals surface area contributed by atoms with Gasteiger partial charge in [0.15, 0.2) is 0 Å². The molecule has 0 amide bonds. The normalized spacial score (nSPS) is 17.0. The van der Waals surface area contributed by atoms with Gasteiger partial charge in [0, 0.05) is 47.5 Å². The summed E-state index contributed by atoms with van der Waals surface area (Å²) in [7, 11) is 0. The average molecular weight is 514 g/mol. The number of hydrogen-bond donors (Lipinski definition) is 1. The van der Waals surface area contributed by atoms with Gasteiger partial charge in [-0.05, 0) is 48.5 Å². The number of imidazole rings is 1. The van der Waals surface area contributed by atoms with Gasteiger partial charge in [-0.3, -0.25) is 9.97 Å². The van der Waals surface area contributed by atoms with Crippen LogP contribution in [0.5, 0.6) is 0 Å². The number of fused-ring (bicyclic) bond motifs is 6. The van der Waals surface area contributed by atoms with Crippen molar-refractivity contribution in [2.75, 3.05) is 70.8 Å². The Labute approximate surface area is 220 Å². The van der Waals surface area contributed by atoms with E-state index < -0.39 is 0 Å². The van der Waals surface area contributed by atoms with Crippen molar-refractivity contribution in [1.29, 1.82) is 0 Å². The number of aromatic nitrogens is 4. The van der Waals surface area contributed by atoms with E-state index in [1.807, 2.05) is 12.1 Å². The zero-order valence-corrected chi connectivity index (χ0v) is 21.3. The van der Waals surface area contributed by atoms with Crippen LogP contribution in [-0.4, -0.2) is 85.9 Å². The summed E-state index contributed by atoms with van der Waals surface area (Å²) in [5.74, 6) is 0.816. The molecule has 1 saturated heterocycles. The summed E-state index contributed by atoms with van der Waals surface area (Å²) in [6, 6.07) is 16.5. The molecule has 4 heterocycles. The molecule has 9 heteroatoms. The lowest BCUT2D eigenvalue weighted by Gasteiger charge is -2.25. The fraction of sp³-hybridized carbons (Fsp3) is 0.345. The number of anilines is 1. The van der Waals surface area contributed by atoms with Crippen molar-refractivity contribution in [2.24, 2.45) is 0 Å². The first-order valence-electron chi connectivity index (χ1n) is 13.1. The maximum atomic E-state index is 5.78. The number of nitrogens with one attached hydrogen (secondary N) is 1. The summed E-state index contributed by atoms with van der Waals surface area (Å²) in [6.07, 6.45) is 3.60. The summed E-state index contributed by atoms with van der Waals surface area (Å²) < 4.78 is 22.6. The van der Waals surface area contributed by atoms with Gasteiger partial charge < -0.3 is 28.8 Å². The van der Waals surface area contributed by atoms with E-state index in [4.69, 9.17) is 23.9 Å². The monoisotopic (exact) mass is 513 g/mol. The summed E-state index contributed by atoms with van der Waals surface area (Å²) in [5.41, 5.74) is 5.74. The number of rotatable bonds is 2. The van der Waals surface area contributed by atoms with Gasteiger partial charge >= 0.3 is 0 Å². The molecule has 0 unspecified atom stereocenters. The zero-order chi connectivity index (χ0) is 25.6. The smallest absolute Gasteiger partial charge is 0.138 e. The molecule has 0 saturated carbocycles. The van der Waals surface area contributed by atoms with Crippen LogP contribution < -0.4 is 4.90 Å². The Kier molecular flexibility index (Phi) is 7.69. The van der Waals surface area contributed by atoms with Crippen molar-refractivity contribution in [3.05, 3.63) is 60.9 Å². The fourth-order valence-electron chi connectivity index (χ4n) is 4.79. The van der Waals surface area contributed by atoms with Crippen LogP contribution in [0, 0.1) is 0 Å². The van der Waals surface area contributed by atoms with Crippen molar-refractivity contribution >= 4 is 38.5 Å². The second-order valence-electron chi connectivity index (χ2n) is 9.09. The quantitative estimate of drug-likeness (QED) is 0.351. The highest BCUT2D eigenvalue weighted by atomic mass is 16.6. The number of pyridine rings is 2. The zero-order valence-electron chi connectivity index (χ0n) is 21.3. The number of aromatic amines is 1. The molecule has 1 fully saturated rings. The largest absolute Gasteiger partial charge is 0.377 e. The van der Waals surface area contributed by atoms with E-state index in [9.17, 15) is 0 Å². The van der Waals surface area contributed by atoms with Crippen LogP contribution in [0.25, 0.3) is 44.2 Å². The topological polar surface area (TPSA) is 94.6 Å². The minimum Gasteiger partial charge on any atom is -0.377 e. The van der Waals surface area contributed by atoms with Gasteiger partial charge in [0.2, 0.25) is 0 Å². The second kappa shape index (κ2) is 11.8. The highest BCUT2D eigenvalue weighted by molar-refractivity contribution is 6.21. The van der Waals surface area contributed by atoms with E-state index in [0.29, 0.717) is 52.9 Å². The lowest BCUT2D eigenvalue weighted by atomic mass is 10.1. The van der Waals surface area contributed by atoms with E-state index in [0.717, 1.165) is 63.0 Å². The van der Waals surface area contributed by atoms with E-state index in [2.05, 4.69) is 56.3 Å². The van der Waals surface area contributed by atoms with Crippen LogP contribution in [0.4, 0.5) is 5.69 Å². The lowest BCUT2D eigenvalue weighted by molar-refractivity contribution is 0.00206. The Morgan fingerprint density at radius 2 is 1.16 bits per heavy atom. The lowest BCUT2D eigenvalue weighted by Crippen LogP contribution is -2.31. The molecular formula is C29H31N5O4. The van der Waals surface area contributed by atoms with Gasteiger partial charge in [0.1, 0.15) is 5.82 Å². The molecule has 3 aromatic heterocycles. The Hall–Kier alpha value is -3.63. The van der Waals surface area contributed by atoms with Crippen molar-refractivity contribution in [3.63, 3.8) is 0 Å². The summed E-state index contributed by atoms with van der Waals surface area (Å²) in [6.45, 7) is 6.21. The maximum absolute atomic E-state index is 5.78. The predicted octanol–water partition coefficient (Wildman–Crippen LogP) is 4.21. The maximum Gasteiger partial charge on any atom is 0.138 e. The fourth-order valence-corrected chi connectivity index (χ4v) is 4.79. The molecule has 0 bridgehead atoms. The molecule has 9 nitrogen and oxygen atoms in total. The van der Waals surface area contributed by atoms with Crippen LogP contribution in [0.3, 0.4) is 0 Å². The molecule has 1 aliphatic rings. The summed E-state index contributed by atoms with van der Waals surface area (Å²) in [4.78, 5) is 20.0. The number of hydrogen-bond acceptors (Lipinski definition) is 8. The summed E-state index contributed by atoms with van der Waals surface area (Å²) >= 11 is 0. The molecule has 5 aromatic rings. The Bertz CT molecular complexity index is 1420. The van der Waals surface area contributed by atoms with Gasteiger partial charge in [0.25, 0.3) is 0 Å². The Balaban J connectivity index is 1.26. The standard InChI is InChI=1S/C29H31N5O4/c1-3-23-25(30-9-1)26-24(4-2-10-31-26)28-27(23)32-29(33-28)21-5-7-22(8-6-21)34-11-13-35-15-17-37-19-20-38-18-16-36-14-12-34/h1-10H,11-20H2,(H,32,33). The van der Waals surface area contributed by atoms with Gasteiger partial charge in [-0.2, -0.15) is 0 Å². The SMILES string of the molecule is c1cnc2c(c1)c1nc(-c3ccc(N4CCOCCOCCOCCOCC4)cc3)[nH]c1c1cccnc12. The van der Waals surface area contributed by atoms with Crippen LogP contribution >= 0.6 is 0 Å². The minimum absolute atomic E-state index is 0.572. The van der Waals surface area contributed by atoms with Crippen LogP contribution in [0.15, 0.2) is 60.9 Å². The molecule has 196 valence electrons. The molecule has 1 N–H and O–H groups in total. The highest BCUT2D eigenvalue weighted by Crippen LogP contribution is 2.33. The van der Waals surface area contributed by atoms with Gasteiger partial charge in [-0.1, -0.05) is 0 Å². The van der Waals surface area contributed by atoms with E-state index in [1.165, 1.54) is 0 Å². The molecule has 1 aliphatic heterocycles. The number of ether oxygens (including phenoxy) is 4. The molecule has 38 heavy (non-hydrogen) atoms. The first-order valence-corrected chi connectivity index (χ1v) is 13.1. The third kappa shape index (κ3) is 5.32. The molecule has 0 atom stereocenters. The summed E-state index contributed by atoms with van der Waals surface area (Å²) in [5, 5.41) is 2.01. The van der Waals surface area contributed by atoms with E-state index in [1.54, 1.807) is 12.4 Å². The van der Waals surface area contributed by atoms with Crippen LogP contribution in [-0.2, 0) is 18.9 Å². The van der Waals surface area contributed by atoms with Gasteiger partial charge in [0.05, 0.1) is 74.9 Å². The highest BCUT2D eigenvalue weighted by Gasteiger charge is 2.15. The van der Waals surface area contributed by atoms with Crippen LogP contribution in [0.2, 0.25) is 0 Å². The first-order chi connectivity index (χ1) is 18.9. The number of nitrogens with zero attached hydrogens (tertiary/aromatic N) is 4. The third-order valence-electron chi connectivity index (χ3n) is 6.70. The Morgan fingerprint density at radius 1 is 0.605 bits per heavy atom. The molecule has 6 rings (SSSR count). The molecule has 0 spiro atoms. The Morgan fingerprint density at radius 3 is 1.79 bits per heavy atom. The van der Waals surface area contributed by atoms with Crippen molar-refractivity contribution in [3.8, 4) is 11.4 Å². The van der Waals surface area contributed by atoms with Crippen molar-refractivity contribution < 1.29 is 18.9 Å². The predicted molar refractivity (Wildman–Crippen MR) is 148 cm³/mol. The van der Waals surface area contributed by atoms with Crippen LogP contribution in [0.1, 0.15) is 0 Å². The van der Waals surface area contributed by atoms with Crippen molar-refractivity contribution in [2.45, 2.75) is 0 Å². The number of benzene rings is 2. The first kappa shape index (κ1) is 24.7. The van der Waals surface area contributed by atoms with Gasteiger partial charge in [-0.25, -0.2) is 4.98 Å². The molecular weight excluding hydrogens is 482 g/mol. The third-order valence-corrected chi connectivity index (χ3v) is 6.70.